The van der Waals surface area contributed by atoms with E-state index in [1.54, 1.807) is 6.07 Å². The number of ether oxygens (including phenoxy) is 1. The van der Waals surface area contributed by atoms with E-state index in [-0.39, 0.29) is 5.97 Å². The molecule has 4 nitrogen and oxygen atoms in total. The number of carbonyl (C=O) groups is 1. The highest BCUT2D eigenvalue weighted by Gasteiger charge is 2.22. The monoisotopic (exact) mass is 251 g/mol. The fourth-order valence-electron chi connectivity index (χ4n) is 2.60. The van der Waals surface area contributed by atoms with Crippen molar-refractivity contribution in [2.75, 3.05) is 13.7 Å². The van der Waals surface area contributed by atoms with Gasteiger partial charge in [-0.1, -0.05) is 19.8 Å². The fraction of sp³-hybridized carbons (Fsp3) is 0.643. The van der Waals surface area contributed by atoms with Crippen molar-refractivity contribution in [3.05, 3.63) is 23.7 Å². The van der Waals surface area contributed by atoms with Crippen molar-refractivity contribution in [1.29, 1.82) is 0 Å². The molecular weight excluding hydrogens is 230 g/mol. The number of carbonyl (C=O) groups excluding carboxylic acids is 1. The molecule has 100 valence electrons. The summed E-state index contributed by atoms with van der Waals surface area (Å²) in [5.74, 6) is 2.02. The summed E-state index contributed by atoms with van der Waals surface area (Å²) in [5.41, 5.74) is 0.475. The zero-order valence-corrected chi connectivity index (χ0v) is 11.1. The first-order valence-corrected chi connectivity index (χ1v) is 6.57. The molecule has 0 saturated heterocycles. The third kappa shape index (κ3) is 3.13. The molecule has 0 radical (unpaired) electrons. The van der Waals surface area contributed by atoms with Gasteiger partial charge in [-0.15, -0.1) is 0 Å². The lowest BCUT2D eigenvalue weighted by Crippen LogP contribution is -2.23. The van der Waals surface area contributed by atoms with Crippen LogP contribution in [0.25, 0.3) is 0 Å². The molecule has 0 amide bonds. The predicted octanol–water partition coefficient (Wildman–Crippen LogP) is 2.59. The Morgan fingerprint density at radius 3 is 3.06 bits per heavy atom. The highest BCUT2D eigenvalue weighted by atomic mass is 16.5. The Hall–Kier alpha value is -1.29. The Bertz CT molecular complexity index is 399. The lowest BCUT2D eigenvalue weighted by Gasteiger charge is -2.15. The minimum Gasteiger partial charge on any atom is -0.467 e. The topological polar surface area (TPSA) is 51.5 Å². The first-order chi connectivity index (χ1) is 8.70. The normalized spacial score (nSPS) is 23.2. The molecule has 2 atom stereocenters. The van der Waals surface area contributed by atoms with Crippen molar-refractivity contribution < 1.29 is 13.9 Å². The highest BCUT2D eigenvalue weighted by Crippen LogP contribution is 2.30. The van der Waals surface area contributed by atoms with E-state index in [9.17, 15) is 4.79 Å². The van der Waals surface area contributed by atoms with Crippen LogP contribution in [0, 0.1) is 11.8 Å². The number of furan rings is 1. The number of methoxy groups -OCH3 is 1. The third-order valence-corrected chi connectivity index (χ3v) is 3.82. The van der Waals surface area contributed by atoms with Crippen LogP contribution < -0.4 is 5.32 Å². The summed E-state index contributed by atoms with van der Waals surface area (Å²) in [4.78, 5) is 11.3. The van der Waals surface area contributed by atoms with Crippen LogP contribution >= 0.6 is 0 Å². The van der Waals surface area contributed by atoms with Crippen molar-refractivity contribution >= 4 is 5.97 Å². The molecule has 0 bridgehead atoms. The minimum absolute atomic E-state index is 0.352. The molecule has 18 heavy (non-hydrogen) atoms. The van der Waals surface area contributed by atoms with Crippen molar-refractivity contribution in [2.45, 2.75) is 32.7 Å². The van der Waals surface area contributed by atoms with Crippen molar-refractivity contribution in [2.24, 2.45) is 11.8 Å². The number of esters is 1. The summed E-state index contributed by atoms with van der Waals surface area (Å²) in [6.07, 6.45) is 5.46. The Morgan fingerprint density at radius 1 is 1.56 bits per heavy atom. The van der Waals surface area contributed by atoms with Gasteiger partial charge >= 0.3 is 5.97 Å². The lowest BCUT2D eigenvalue weighted by molar-refractivity contribution is 0.0600. The first-order valence-electron chi connectivity index (χ1n) is 6.57. The van der Waals surface area contributed by atoms with Gasteiger partial charge < -0.3 is 14.5 Å². The maximum atomic E-state index is 11.3. The summed E-state index contributed by atoms with van der Waals surface area (Å²) >= 11 is 0. The van der Waals surface area contributed by atoms with Crippen molar-refractivity contribution in [3.8, 4) is 0 Å². The Morgan fingerprint density at radius 2 is 2.39 bits per heavy atom. The SMILES string of the molecule is COC(=O)c1coc(CNCC2CCCC2C)c1. The molecule has 1 aromatic rings. The molecule has 1 fully saturated rings. The molecule has 0 aliphatic heterocycles. The molecule has 1 heterocycles. The van der Waals surface area contributed by atoms with Crippen LogP contribution in [0.3, 0.4) is 0 Å². The summed E-state index contributed by atoms with van der Waals surface area (Å²) in [6.45, 7) is 4.01. The minimum atomic E-state index is -0.352. The molecule has 1 saturated carbocycles. The molecule has 1 aliphatic carbocycles. The van der Waals surface area contributed by atoms with E-state index >= 15 is 0 Å². The van der Waals surface area contributed by atoms with Gasteiger partial charge in [-0.25, -0.2) is 4.79 Å². The summed E-state index contributed by atoms with van der Waals surface area (Å²) in [7, 11) is 1.37. The van der Waals surface area contributed by atoms with E-state index in [0.29, 0.717) is 12.1 Å². The summed E-state index contributed by atoms with van der Waals surface area (Å²) in [5, 5.41) is 3.40. The third-order valence-electron chi connectivity index (χ3n) is 3.82. The van der Waals surface area contributed by atoms with E-state index in [2.05, 4.69) is 17.0 Å². The first kappa shape index (κ1) is 13.1. The second kappa shape index (κ2) is 6.05. The average molecular weight is 251 g/mol. The van der Waals surface area contributed by atoms with Gasteiger partial charge in [0.2, 0.25) is 0 Å². The van der Waals surface area contributed by atoms with Gasteiger partial charge in [0.05, 0.1) is 19.2 Å². The highest BCUT2D eigenvalue weighted by molar-refractivity contribution is 5.88. The number of hydrogen-bond donors (Lipinski definition) is 1. The van der Waals surface area contributed by atoms with E-state index < -0.39 is 0 Å². The van der Waals surface area contributed by atoms with Gasteiger partial charge in [0.15, 0.2) is 0 Å². The molecule has 1 N–H and O–H groups in total. The summed E-state index contributed by atoms with van der Waals surface area (Å²) in [6, 6.07) is 1.73. The molecule has 1 aliphatic rings. The Balaban J connectivity index is 1.76. The number of nitrogens with one attached hydrogen (secondary N) is 1. The van der Waals surface area contributed by atoms with Gasteiger partial charge in [0.25, 0.3) is 0 Å². The molecule has 2 unspecified atom stereocenters. The van der Waals surface area contributed by atoms with Crippen molar-refractivity contribution in [3.63, 3.8) is 0 Å². The van der Waals surface area contributed by atoms with Gasteiger partial charge in [-0.05, 0) is 30.9 Å². The largest absolute Gasteiger partial charge is 0.467 e. The smallest absolute Gasteiger partial charge is 0.341 e. The second-order valence-corrected chi connectivity index (χ2v) is 5.09. The molecule has 4 heteroatoms. The van der Waals surface area contributed by atoms with E-state index in [0.717, 1.165) is 24.1 Å². The maximum Gasteiger partial charge on any atom is 0.341 e. The van der Waals surface area contributed by atoms with E-state index in [4.69, 9.17) is 4.42 Å². The number of rotatable bonds is 5. The zero-order chi connectivity index (χ0) is 13.0. The van der Waals surface area contributed by atoms with Crippen LogP contribution in [0.4, 0.5) is 0 Å². The van der Waals surface area contributed by atoms with Gasteiger partial charge in [-0.3, -0.25) is 0 Å². The van der Waals surface area contributed by atoms with Gasteiger partial charge in [-0.2, -0.15) is 0 Å². The molecule has 2 rings (SSSR count). The van der Waals surface area contributed by atoms with Gasteiger partial charge in [0, 0.05) is 0 Å². The van der Waals surface area contributed by atoms with Crippen LogP contribution in [0.5, 0.6) is 0 Å². The van der Waals surface area contributed by atoms with Crippen LogP contribution in [0.2, 0.25) is 0 Å². The number of hydrogen-bond acceptors (Lipinski definition) is 4. The quantitative estimate of drug-likeness (QED) is 0.817. The molecule has 0 spiro atoms. The van der Waals surface area contributed by atoms with Crippen molar-refractivity contribution in [1.82, 2.24) is 5.32 Å². The van der Waals surface area contributed by atoms with Crippen LogP contribution in [-0.4, -0.2) is 19.6 Å². The molecule has 1 aromatic heterocycles. The fourth-order valence-corrected chi connectivity index (χ4v) is 2.60. The second-order valence-electron chi connectivity index (χ2n) is 5.09. The maximum absolute atomic E-state index is 11.3. The molecule has 0 aromatic carbocycles. The predicted molar refractivity (Wildman–Crippen MR) is 68.3 cm³/mol. The zero-order valence-electron chi connectivity index (χ0n) is 11.1. The summed E-state index contributed by atoms with van der Waals surface area (Å²) < 4.78 is 9.95. The lowest BCUT2D eigenvalue weighted by atomic mass is 9.98. The average Bonchev–Trinajstić information content (AvgIpc) is 2.99. The Labute approximate surface area is 108 Å². The van der Waals surface area contributed by atoms with Crippen LogP contribution in [0.15, 0.2) is 16.7 Å². The van der Waals surface area contributed by atoms with Crippen LogP contribution in [0.1, 0.15) is 42.3 Å². The molecular formula is C14H21NO3. The van der Waals surface area contributed by atoms with Crippen LogP contribution in [-0.2, 0) is 11.3 Å². The van der Waals surface area contributed by atoms with Gasteiger partial charge in [0.1, 0.15) is 12.0 Å². The van der Waals surface area contributed by atoms with E-state index in [1.807, 2.05) is 0 Å². The standard InChI is InChI=1S/C14H21NO3/c1-10-4-3-5-11(10)7-15-8-13-6-12(9-18-13)14(16)17-2/h6,9-11,15H,3-5,7-8H2,1-2H3. The Kier molecular flexibility index (Phi) is 4.42. The van der Waals surface area contributed by atoms with E-state index in [1.165, 1.54) is 32.6 Å².